The Kier molecular flexibility index (Phi) is 4.33. The summed E-state index contributed by atoms with van der Waals surface area (Å²) in [6.45, 7) is 4.21. The molecule has 0 amide bonds. The summed E-state index contributed by atoms with van der Waals surface area (Å²) in [4.78, 5) is 2.24. The van der Waals surface area contributed by atoms with Crippen molar-refractivity contribution in [2.24, 2.45) is 0 Å². The van der Waals surface area contributed by atoms with Crippen LogP contribution in [0.1, 0.15) is 11.1 Å². The predicted molar refractivity (Wildman–Crippen MR) is 97.2 cm³/mol. The molecule has 0 aliphatic carbocycles. The lowest BCUT2D eigenvalue weighted by Gasteiger charge is -2.26. The molecule has 0 bridgehead atoms. The number of aryl methyl sites for hydroxylation is 2. The zero-order chi connectivity index (χ0) is 16.2. The molecular weight excluding hydrogens is 282 g/mol. The van der Waals surface area contributed by atoms with Crippen LogP contribution in [0.2, 0.25) is 0 Å². The Bertz CT molecular complexity index is 730. The molecule has 0 saturated heterocycles. The van der Waals surface area contributed by atoms with Crippen LogP contribution in [0.4, 0.5) is 17.1 Å². The molecule has 0 unspecified atom stereocenters. The van der Waals surface area contributed by atoms with Crippen molar-refractivity contribution < 1.29 is 4.74 Å². The normalized spacial score (nSPS) is 10.4. The van der Waals surface area contributed by atoms with Gasteiger partial charge in [0.15, 0.2) is 0 Å². The van der Waals surface area contributed by atoms with E-state index in [0.717, 1.165) is 22.8 Å². The third-order valence-electron chi connectivity index (χ3n) is 3.90. The van der Waals surface area contributed by atoms with Gasteiger partial charge in [-0.05, 0) is 50.2 Å². The van der Waals surface area contributed by atoms with E-state index in [2.05, 4.69) is 79.4 Å². The summed E-state index contributed by atoms with van der Waals surface area (Å²) < 4.78 is 5.39. The van der Waals surface area contributed by atoms with Crippen LogP contribution in [-0.4, -0.2) is 7.11 Å². The van der Waals surface area contributed by atoms with Gasteiger partial charge in [-0.25, -0.2) is 0 Å². The molecule has 0 aliphatic rings. The van der Waals surface area contributed by atoms with Crippen LogP contribution in [0, 0.1) is 13.8 Å². The van der Waals surface area contributed by atoms with E-state index in [1.807, 2.05) is 12.1 Å². The maximum Gasteiger partial charge on any atom is 0.120 e. The lowest BCUT2D eigenvalue weighted by molar-refractivity contribution is 0.415. The van der Waals surface area contributed by atoms with Crippen molar-refractivity contribution >= 4 is 17.1 Å². The zero-order valence-electron chi connectivity index (χ0n) is 13.8. The highest BCUT2D eigenvalue weighted by Gasteiger charge is 2.12. The number of ether oxygens (including phenoxy) is 1. The first-order valence-electron chi connectivity index (χ1n) is 7.75. The molecular formula is C21H21NO. The van der Waals surface area contributed by atoms with Crippen LogP contribution >= 0.6 is 0 Å². The molecule has 3 aromatic carbocycles. The quantitative estimate of drug-likeness (QED) is 0.605. The molecule has 0 aromatic heterocycles. The van der Waals surface area contributed by atoms with Gasteiger partial charge in [0.25, 0.3) is 0 Å². The molecule has 2 nitrogen and oxygen atoms in total. The SMILES string of the molecule is COc1cccc(N(c2ccc(C)cc2)c2ccc(C)cc2)c1. The Balaban J connectivity index is 2.12. The molecule has 3 rings (SSSR count). The summed E-state index contributed by atoms with van der Waals surface area (Å²) in [5, 5.41) is 0. The number of methoxy groups -OCH3 is 1. The standard InChI is InChI=1S/C21H21NO/c1-16-7-11-18(12-8-16)22(19-13-9-17(2)10-14-19)20-5-4-6-21(15-20)23-3/h4-15H,1-3H3. The van der Waals surface area contributed by atoms with Gasteiger partial charge in [0.2, 0.25) is 0 Å². The maximum atomic E-state index is 5.39. The molecule has 0 saturated carbocycles. The van der Waals surface area contributed by atoms with Gasteiger partial charge in [-0.15, -0.1) is 0 Å². The number of benzene rings is 3. The van der Waals surface area contributed by atoms with Crippen LogP contribution in [0.5, 0.6) is 5.75 Å². The fraction of sp³-hybridized carbons (Fsp3) is 0.143. The summed E-state index contributed by atoms with van der Waals surface area (Å²) >= 11 is 0. The van der Waals surface area contributed by atoms with E-state index < -0.39 is 0 Å². The second-order valence-corrected chi connectivity index (χ2v) is 5.71. The van der Waals surface area contributed by atoms with Gasteiger partial charge >= 0.3 is 0 Å². The molecule has 23 heavy (non-hydrogen) atoms. The van der Waals surface area contributed by atoms with Crippen LogP contribution in [0.15, 0.2) is 72.8 Å². The van der Waals surface area contributed by atoms with Crippen molar-refractivity contribution in [2.45, 2.75) is 13.8 Å². The van der Waals surface area contributed by atoms with Crippen molar-refractivity contribution in [1.29, 1.82) is 0 Å². The van der Waals surface area contributed by atoms with E-state index in [1.54, 1.807) is 7.11 Å². The Hall–Kier alpha value is -2.74. The van der Waals surface area contributed by atoms with Gasteiger partial charge < -0.3 is 9.64 Å². The average Bonchev–Trinajstić information content (AvgIpc) is 2.59. The van der Waals surface area contributed by atoms with E-state index in [0.29, 0.717) is 0 Å². The van der Waals surface area contributed by atoms with Gasteiger partial charge in [0, 0.05) is 23.1 Å². The van der Waals surface area contributed by atoms with Crippen LogP contribution in [0.3, 0.4) is 0 Å². The van der Waals surface area contributed by atoms with Crippen molar-refractivity contribution in [3.63, 3.8) is 0 Å². The fourth-order valence-electron chi connectivity index (χ4n) is 2.58. The lowest BCUT2D eigenvalue weighted by Crippen LogP contribution is -2.10. The van der Waals surface area contributed by atoms with E-state index in [1.165, 1.54) is 11.1 Å². The highest BCUT2D eigenvalue weighted by atomic mass is 16.5. The predicted octanol–water partition coefficient (Wildman–Crippen LogP) is 5.78. The molecule has 0 N–H and O–H groups in total. The van der Waals surface area contributed by atoms with E-state index in [9.17, 15) is 0 Å². The third kappa shape index (κ3) is 3.37. The summed E-state index contributed by atoms with van der Waals surface area (Å²) in [6.07, 6.45) is 0. The van der Waals surface area contributed by atoms with Crippen LogP contribution in [0.25, 0.3) is 0 Å². The number of hydrogen-bond donors (Lipinski definition) is 0. The third-order valence-corrected chi connectivity index (χ3v) is 3.90. The van der Waals surface area contributed by atoms with Gasteiger partial charge in [-0.2, -0.15) is 0 Å². The van der Waals surface area contributed by atoms with Crippen molar-refractivity contribution in [3.8, 4) is 5.75 Å². The highest BCUT2D eigenvalue weighted by molar-refractivity contribution is 5.77. The second-order valence-electron chi connectivity index (χ2n) is 5.71. The monoisotopic (exact) mass is 303 g/mol. The van der Waals surface area contributed by atoms with Crippen molar-refractivity contribution in [3.05, 3.63) is 83.9 Å². The molecule has 116 valence electrons. The van der Waals surface area contributed by atoms with Crippen LogP contribution < -0.4 is 9.64 Å². The average molecular weight is 303 g/mol. The summed E-state index contributed by atoms with van der Waals surface area (Å²) in [6, 6.07) is 25.3. The number of hydrogen-bond acceptors (Lipinski definition) is 2. The molecule has 3 aromatic rings. The Morgan fingerprint density at radius 1 is 0.652 bits per heavy atom. The topological polar surface area (TPSA) is 12.5 Å². The summed E-state index contributed by atoms with van der Waals surface area (Å²) in [5.74, 6) is 0.853. The molecule has 2 heteroatoms. The molecule has 0 fully saturated rings. The fourth-order valence-corrected chi connectivity index (χ4v) is 2.58. The minimum absolute atomic E-state index is 0.853. The Labute approximate surface area is 138 Å². The molecule has 0 radical (unpaired) electrons. The largest absolute Gasteiger partial charge is 0.497 e. The number of rotatable bonds is 4. The minimum Gasteiger partial charge on any atom is -0.497 e. The van der Waals surface area contributed by atoms with Crippen LogP contribution in [-0.2, 0) is 0 Å². The summed E-state index contributed by atoms with van der Waals surface area (Å²) in [7, 11) is 1.70. The first-order chi connectivity index (χ1) is 11.2. The smallest absolute Gasteiger partial charge is 0.120 e. The lowest BCUT2D eigenvalue weighted by atomic mass is 10.1. The van der Waals surface area contributed by atoms with Gasteiger partial charge in [0.05, 0.1) is 7.11 Å². The molecule has 0 atom stereocenters. The van der Waals surface area contributed by atoms with Gasteiger partial charge in [-0.3, -0.25) is 0 Å². The molecule has 0 aliphatic heterocycles. The maximum absolute atomic E-state index is 5.39. The Morgan fingerprint density at radius 2 is 1.17 bits per heavy atom. The van der Waals surface area contributed by atoms with E-state index in [-0.39, 0.29) is 0 Å². The van der Waals surface area contributed by atoms with Gasteiger partial charge in [-0.1, -0.05) is 41.5 Å². The number of nitrogens with zero attached hydrogens (tertiary/aromatic N) is 1. The van der Waals surface area contributed by atoms with Crippen molar-refractivity contribution in [2.75, 3.05) is 12.0 Å². The molecule has 0 spiro atoms. The van der Waals surface area contributed by atoms with E-state index in [4.69, 9.17) is 4.74 Å². The highest BCUT2D eigenvalue weighted by Crippen LogP contribution is 2.36. The zero-order valence-corrected chi connectivity index (χ0v) is 13.8. The summed E-state index contributed by atoms with van der Waals surface area (Å²) in [5.41, 5.74) is 5.85. The molecule has 0 heterocycles. The second kappa shape index (κ2) is 6.57. The van der Waals surface area contributed by atoms with Gasteiger partial charge in [0.1, 0.15) is 5.75 Å². The van der Waals surface area contributed by atoms with E-state index >= 15 is 0 Å². The Morgan fingerprint density at radius 3 is 1.65 bits per heavy atom. The first-order valence-corrected chi connectivity index (χ1v) is 7.75. The minimum atomic E-state index is 0.853. The number of anilines is 3. The first kappa shape index (κ1) is 15.2. The van der Waals surface area contributed by atoms with Crippen molar-refractivity contribution in [1.82, 2.24) is 0 Å².